The number of ketones is 1. The second-order valence-corrected chi connectivity index (χ2v) is 5.85. The van der Waals surface area contributed by atoms with E-state index >= 15 is 0 Å². The van der Waals surface area contributed by atoms with Gasteiger partial charge in [0.15, 0.2) is 5.78 Å². The predicted octanol–water partition coefficient (Wildman–Crippen LogP) is 4.48. The Morgan fingerprint density at radius 3 is 2.30 bits per heavy atom. The van der Waals surface area contributed by atoms with E-state index in [2.05, 4.69) is 0 Å². The van der Waals surface area contributed by atoms with E-state index in [1.54, 1.807) is 13.2 Å². The Morgan fingerprint density at radius 1 is 1.05 bits per heavy atom. The van der Waals surface area contributed by atoms with Crippen LogP contribution < -0.4 is 4.74 Å². The van der Waals surface area contributed by atoms with Crippen LogP contribution in [0.25, 0.3) is 16.8 Å². The summed E-state index contributed by atoms with van der Waals surface area (Å²) in [5.41, 5.74) is 0.678. The smallest absolute Gasteiger partial charge is 0.161 e. The molecule has 0 heterocycles. The number of hydrogen-bond donors (Lipinski definition) is 0. The average molecular weight is 268 g/mol. The van der Waals surface area contributed by atoms with Gasteiger partial charge in [-0.2, -0.15) is 0 Å². The Kier molecular flexibility index (Phi) is 3.93. The van der Waals surface area contributed by atoms with E-state index in [9.17, 15) is 4.79 Å². The minimum Gasteiger partial charge on any atom is -0.496 e. The zero-order valence-corrected chi connectivity index (χ0v) is 12.4. The molecule has 0 amide bonds. The van der Waals surface area contributed by atoms with Crippen LogP contribution in [-0.4, -0.2) is 12.9 Å². The highest BCUT2D eigenvalue weighted by Crippen LogP contribution is 2.29. The fraction of sp³-hybridized carbons (Fsp3) is 0.278. The Bertz CT molecular complexity index is 661. The zero-order valence-electron chi connectivity index (χ0n) is 12.4. The van der Waals surface area contributed by atoms with Gasteiger partial charge in [0.2, 0.25) is 0 Å². The summed E-state index contributed by atoms with van der Waals surface area (Å²) >= 11 is 0. The molecule has 2 rings (SSSR count). The van der Waals surface area contributed by atoms with Gasteiger partial charge in [-0.1, -0.05) is 57.2 Å². The highest BCUT2D eigenvalue weighted by atomic mass is 16.5. The summed E-state index contributed by atoms with van der Waals surface area (Å²) in [5, 5.41) is 2.14. The molecule has 2 heteroatoms. The standard InChI is InChI=1S/C18H20O2/c1-18(2,3)17(19)12-10-13-9-11-16(20-4)15-8-6-5-7-14(13)15/h5-12H,1-4H3/b12-10+. The number of fused-ring (bicyclic) bond motifs is 1. The highest BCUT2D eigenvalue weighted by molar-refractivity contribution is 6.01. The molecule has 0 aromatic heterocycles. The van der Waals surface area contributed by atoms with E-state index in [4.69, 9.17) is 4.74 Å². The van der Waals surface area contributed by atoms with Crippen molar-refractivity contribution in [3.05, 3.63) is 48.0 Å². The van der Waals surface area contributed by atoms with Crippen LogP contribution in [0.4, 0.5) is 0 Å². The summed E-state index contributed by atoms with van der Waals surface area (Å²) in [4.78, 5) is 12.0. The first-order valence-corrected chi connectivity index (χ1v) is 6.72. The fourth-order valence-electron chi connectivity index (χ4n) is 2.03. The molecule has 0 saturated heterocycles. The molecule has 0 N–H and O–H groups in total. The van der Waals surface area contributed by atoms with Crippen LogP contribution in [0.3, 0.4) is 0 Å². The first-order chi connectivity index (χ1) is 9.43. The topological polar surface area (TPSA) is 26.3 Å². The minimum atomic E-state index is -0.348. The van der Waals surface area contributed by atoms with Gasteiger partial charge in [-0.05, 0) is 23.1 Å². The SMILES string of the molecule is COc1ccc(/C=C/C(=O)C(C)(C)C)c2ccccc12. The molecule has 0 spiro atoms. The lowest BCUT2D eigenvalue weighted by atomic mass is 9.90. The summed E-state index contributed by atoms with van der Waals surface area (Å²) in [5.74, 6) is 0.970. The molecule has 0 aliphatic carbocycles. The lowest BCUT2D eigenvalue weighted by Gasteiger charge is -2.13. The molecular weight excluding hydrogens is 248 g/mol. The van der Waals surface area contributed by atoms with Crippen molar-refractivity contribution in [3.8, 4) is 5.75 Å². The summed E-state index contributed by atoms with van der Waals surface area (Å²) in [7, 11) is 1.67. The Balaban J connectivity index is 2.46. The molecule has 0 aliphatic heterocycles. The predicted molar refractivity (Wildman–Crippen MR) is 84.0 cm³/mol. The molecule has 0 unspecified atom stereocenters. The maximum atomic E-state index is 12.0. The monoisotopic (exact) mass is 268 g/mol. The van der Waals surface area contributed by atoms with Crippen molar-refractivity contribution in [2.75, 3.05) is 7.11 Å². The molecule has 0 aliphatic rings. The van der Waals surface area contributed by atoms with Crippen molar-refractivity contribution in [1.29, 1.82) is 0 Å². The normalized spacial score (nSPS) is 12.0. The van der Waals surface area contributed by atoms with Crippen molar-refractivity contribution in [1.82, 2.24) is 0 Å². The molecule has 20 heavy (non-hydrogen) atoms. The molecule has 104 valence electrons. The van der Waals surface area contributed by atoms with Gasteiger partial charge in [-0.15, -0.1) is 0 Å². The van der Waals surface area contributed by atoms with Crippen molar-refractivity contribution in [3.63, 3.8) is 0 Å². The third kappa shape index (κ3) is 2.90. The molecular formula is C18H20O2. The van der Waals surface area contributed by atoms with Gasteiger partial charge in [0.1, 0.15) is 5.75 Å². The van der Waals surface area contributed by atoms with Gasteiger partial charge in [-0.25, -0.2) is 0 Å². The van der Waals surface area contributed by atoms with Crippen molar-refractivity contribution >= 4 is 22.6 Å². The molecule has 2 aromatic rings. The molecule has 2 nitrogen and oxygen atoms in total. The average Bonchev–Trinajstić information content (AvgIpc) is 2.43. The first-order valence-electron chi connectivity index (χ1n) is 6.72. The largest absolute Gasteiger partial charge is 0.496 e. The van der Waals surface area contributed by atoms with E-state index < -0.39 is 0 Å². The van der Waals surface area contributed by atoms with E-state index in [1.807, 2.05) is 63.2 Å². The number of ether oxygens (including phenoxy) is 1. The maximum absolute atomic E-state index is 12.0. The number of hydrogen-bond acceptors (Lipinski definition) is 2. The quantitative estimate of drug-likeness (QED) is 0.767. The zero-order chi connectivity index (χ0) is 14.8. The lowest BCUT2D eigenvalue weighted by Crippen LogP contribution is -2.17. The Labute approximate surface area is 120 Å². The van der Waals surface area contributed by atoms with Crippen LogP contribution >= 0.6 is 0 Å². The highest BCUT2D eigenvalue weighted by Gasteiger charge is 2.18. The van der Waals surface area contributed by atoms with Gasteiger partial charge < -0.3 is 4.74 Å². The van der Waals surface area contributed by atoms with Crippen LogP contribution in [0.2, 0.25) is 0 Å². The minimum absolute atomic E-state index is 0.123. The van der Waals surface area contributed by atoms with Crippen LogP contribution in [0, 0.1) is 5.41 Å². The second kappa shape index (κ2) is 5.49. The Hall–Kier alpha value is -2.09. The summed E-state index contributed by atoms with van der Waals surface area (Å²) in [6, 6.07) is 12.0. The number of rotatable bonds is 3. The van der Waals surface area contributed by atoms with Crippen molar-refractivity contribution < 1.29 is 9.53 Å². The van der Waals surface area contributed by atoms with E-state index in [1.165, 1.54) is 0 Å². The summed E-state index contributed by atoms with van der Waals surface area (Å²) in [6.45, 7) is 5.77. The van der Waals surface area contributed by atoms with Crippen LogP contribution in [0.5, 0.6) is 5.75 Å². The van der Waals surface area contributed by atoms with Gasteiger partial charge in [0, 0.05) is 10.8 Å². The summed E-state index contributed by atoms with van der Waals surface area (Å²) in [6.07, 6.45) is 3.55. The molecule has 0 saturated carbocycles. The van der Waals surface area contributed by atoms with Crippen LogP contribution in [0.1, 0.15) is 26.3 Å². The number of benzene rings is 2. The van der Waals surface area contributed by atoms with Crippen LogP contribution in [-0.2, 0) is 4.79 Å². The molecule has 2 aromatic carbocycles. The van der Waals surface area contributed by atoms with E-state index in [0.29, 0.717) is 0 Å². The van der Waals surface area contributed by atoms with Gasteiger partial charge in [-0.3, -0.25) is 4.79 Å². The third-order valence-electron chi connectivity index (χ3n) is 3.29. The Morgan fingerprint density at radius 2 is 1.70 bits per heavy atom. The van der Waals surface area contributed by atoms with Crippen molar-refractivity contribution in [2.45, 2.75) is 20.8 Å². The second-order valence-electron chi connectivity index (χ2n) is 5.85. The van der Waals surface area contributed by atoms with Gasteiger partial charge in [0.25, 0.3) is 0 Å². The summed E-state index contributed by atoms with van der Waals surface area (Å²) < 4.78 is 5.37. The fourth-order valence-corrected chi connectivity index (χ4v) is 2.03. The maximum Gasteiger partial charge on any atom is 0.161 e. The molecule has 0 radical (unpaired) electrons. The van der Waals surface area contributed by atoms with E-state index in [-0.39, 0.29) is 11.2 Å². The number of methoxy groups -OCH3 is 1. The first kappa shape index (κ1) is 14.3. The molecule has 0 bridgehead atoms. The van der Waals surface area contributed by atoms with Gasteiger partial charge in [0.05, 0.1) is 7.11 Å². The number of carbonyl (C=O) groups excluding carboxylic acids is 1. The van der Waals surface area contributed by atoms with E-state index in [0.717, 1.165) is 22.1 Å². The number of carbonyl (C=O) groups is 1. The molecule has 0 atom stereocenters. The van der Waals surface area contributed by atoms with Gasteiger partial charge >= 0.3 is 0 Å². The number of allylic oxidation sites excluding steroid dienone is 1. The van der Waals surface area contributed by atoms with Crippen molar-refractivity contribution in [2.24, 2.45) is 5.41 Å². The molecule has 0 fully saturated rings. The van der Waals surface area contributed by atoms with Crippen LogP contribution in [0.15, 0.2) is 42.5 Å². The lowest BCUT2D eigenvalue weighted by molar-refractivity contribution is -0.121. The third-order valence-corrected chi connectivity index (χ3v) is 3.29.